The summed E-state index contributed by atoms with van der Waals surface area (Å²) in [5.41, 5.74) is 4.05. The number of carbonyl (C=O) groups is 2. The van der Waals surface area contributed by atoms with Gasteiger partial charge >= 0.3 is 0 Å². The first-order chi connectivity index (χ1) is 19.9. The van der Waals surface area contributed by atoms with Crippen molar-refractivity contribution in [2.75, 3.05) is 10.2 Å². The molecule has 5 aromatic rings. The topological polar surface area (TPSA) is 54.3 Å². The maximum absolute atomic E-state index is 13.6. The lowest BCUT2D eigenvalue weighted by Crippen LogP contribution is -2.27. The summed E-state index contributed by atoms with van der Waals surface area (Å²) in [5, 5.41) is 3.70. The van der Waals surface area contributed by atoms with Gasteiger partial charge in [0.05, 0.1) is 10.6 Å². The molecule has 0 radical (unpaired) electrons. The molecule has 202 valence electrons. The van der Waals surface area contributed by atoms with Gasteiger partial charge in [0.25, 0.3) is 11.8 Å². The molecule has 1 saturated heterocycles. The summed E-state index contributed by atoms with van der Waals surface area (Å²) in [7, 11) is 0. The largest absolute Gasteiger partial charge is 0.342 e. The fourth-order valence-corrected chi connectivity index (χ4v) is 5.95. The molecule has 0 bridgehead atoms. The Kier molecular flexibility index (Phi) is 7.21. The SMILES string of the molecule is O=C(Nc1ccc(F)cc1)c1cccc(N2C(=O)/C(=C\c3cn(Cc4ccc(F)cc4)c4ccccc34)SC2=S)c1. The fraction of sp³-hybridized carbons (Fsp3) is 0.0312. The van der Waals surface area contributed by atoms with Crippen LogP contribution in [-0.4, -0.2) is 20.7 Å². The normalized spacial score (nSPS) is 14.3. The Labute approximate surface area is 244 Å². The van der Waals surface area contributed by atoms with E-state index in [1.165, 1.54) is 53.1 Å². The van der Waals surface area contributed by atoms with E-state index in [0.29, 0.717) is 32.7 Å². The van der Waals surface area contributed by atoms with E-state index >= 15 is 0 Å². The third-order valence-corrected chi connectivity index (χ3v) is 7.94. The van der Waals surface area contributed by atoms with Crippen molar-refractivity contribution >= 4 is 68.5 Å². The van der Waals surface area contributed by atoms with Gasteiger partial charge in [-0.1, -0.05) is 60.4 Å². The van der Waals surface area contributed by atoms with Crippen molar-refractivity contribution in [3.05, 3.63) is 136 Å². The average Bonchev–Trinajstić information content (AvgIpc) is 3.46. The lowest BCUT2D eigenvalue weighted by atomic mass is 10.1. The number of amides is 2. The highest BCUT2D eigenvalue weighted by Crippen LogP contribution is 2.37. The number of nitrogens with zero attached hydrogens (tertiary/aromatic N) is 2. The van der Waals surface area contributed by atoms with E-state index in [1.807, 2.05) is 36.5 Å². The van der Waals surface area contributed by atoms with Gasteiger partial charge in [0, 0.05) is 40.5 Å². The van der Waals surface area contributed by atoms with Gasteiger partial charge in [-0.15, -0.1) is 0 Å². The second-order valence-electron chi connectivity index (χ2n) is 9.38. The molecular formula is C32H21F2N3O2S2. The Balaban J connectivity index is 1.27. The van der Waals surface area contributed by atoms with Gasteiger partial charge in [0.2, 0.25) is 0 Å². The van der Waals surface area contributed by atoms with Gasteiger partial charge in [0.1, 0.15) is 11.6 Å². The summed E-state index contributed by atoms with van der Waals surface area (Å²) < 4.78 is 29.0. The number of fused-ring (bicyclic) bond motifs is 1. The molecule has 2 heterocycles. The number of thiocarbonyl (C=S) groups is 1. The van der Waals surface area contributed by atoms with E-state index in [9.17, 15) is 18.4 Å². The van der Waals surface area contributed by atoms with Crippen LogP contribution in [0.4, 0.5) is 20.2 Å². The van der Waals surface area contributed by atoms with Gasteiger partial charge in [-0.25, -0.2) is 8.78 Å². The molecule has 1 aliphatic rings. The van der Waals surface area contributed by atoms with Gasteiger partial charge in [-0.3, -0.25) is 14.5 Å². The number of halogens is 2. The minimum absolute atomic E-state index is 0.284. The Bertz CT molecular complexity index is 1850. The molecule has 6 rings (SSSR count). The van der Waals surface area contributed by atoms with Gasteiger partial charge in [0.15, 0.2) is 4.32 Å². The van der Waals surface area contributed by atoms with E-state index in [0.717, 1.165) is 22.0 Å². The second-order valence-corrected chi connectivity index (χ2v) is 11.1. The summed E-state index contributed by atoms with van der Waals surface area (Å²) in [5.74, 6) is -1.36. The zero-order chi connectivity index (χ0) is 28.5. The third-order valence-electron chi connectivity index (χ3n) is 6.63. The summed E-state index contributed by atoms with van der Waals surface area (Å²) in [4.78, 5) is 28.3. The average molecular weight is 582 g/mol. The molecule has 5 nitrogen and oxygen atoms in total. The van der Waals surface area contributed by atoms with Crippen molar-refractivity contribution < 1.29 is 18.4 Å². The molecule has 41 heavy (non-hydrogen) atoms. The van der Waals surface area contributed by atoms with Crippen molar-refractivity contribution in [3.63, 3.8) is 0 Å². The zero-order valence-corrected chi connectivity index (χ0v) is 23.0. The van der Waals surface area contributed by atoms with Crippen LogP contribution in [0.15, 0.2) is 108 Å². The fourth-order valence-electron chi connectivity index (χ4n) is 4.66. The molecule has 0 unspecified atom stereocenters. The van der Waals surface area contributed by atoms with E-state index in [4.69, 9.17) is 12.2 Å². The highest BCUT2D eigenvalue weighted by molar-refractivity contribution is 8.27. The van der Waals surface area contributed by atoms with Crippen LogP contribution in [0.5, 0.6) is 0 Å². The van der Waals surface area contributed by atoms with Crippen LogP contribution < -0.4 is 10.2 Å². The van der Waals surface area contributed by atoms with Crippen LogP contribution in [0.25, 0.3) is 17.0 Å². The van der Waals surface area contributed by atoms with Crippen molar-refractivity contribution in [1.29, 1.82) is 0 Å². The van der Waals surface area contributed by atoms with Crippen LogP contribution in [0.2, 0.25) is 0 Å². The smallest absolute Gasteiger partial charge is 0.270 e. The van der Waals surface area contributed by atoms with Crippen LogP contribution in [0, 0.1) is 11.6 Å². The number of para-hydroxylation sites is 1. The molecule has 0 aliphatic carbocycles. The third kappa shape index (κ3) is 5.54. The number of nitrogens with one attached hydrogen (secondary N) is 1. The van der Waals surface area contributed by atoms with E-state index in [-0.39, 0.29) is 11.7 Å². The molecule has 0 spiro atoms. The van der Waals surface area contributed by atoms with Crippen molar-refractivity contribution in [2.24, 2.45) is 0 Å². The molecule has 1 N–H and O–H groups in total. The number of hydrogen-bond donors (Lipinski definition) is 1. The van der Waals surface area contributed by atoms with E-state index < -0.39 is 11.7 Å². The Hall–Kier alpha value is -4.60. The summed E-state index contributed by atoms with van der Waals surface area (Å²) >= 11 is 6.77. The highest BCUT2D eigenvalue weighted by Gasteiger charge is 2.34. The van der Waals surface area contributed by atoms with Crippen LogP contribution in [0.1, 0.15) is 21.5 Å². The van der Waals surface area contributed by atoms with E-state index in [2.05, 4.69) is 9.88 Å². The van der Waals surface area contributed by atoms with Crippen LogP contribution >= 0.6 is 24.0 Å². The first kappa shape index (κ1) is 26.6. The first-order valence-corrected chi connectivity index (χ1v) is 13.9. The van der Waals surface area contributed by atoms with Crippen molar-refractivity contribution in [2.45, 2.75) is 6.54 Å². The molecule has 0 atom stereocenters. The van der Waals surface area contributed by atoms with Crippen LogP contribution in [0.3, 0.4) is 0 Å². The quantitative estimate of drug-likeness (QED) is 0.166. The molecule has 1 fully saturated rings. The van der Waals surface area contributed by atoms with Gasteiger partial charge in [-0.05, 0) is 72.3 Å². The van der Waals surface area contributed by atoms with Crippen molar-refractivity contribution in [1.82, 2.24) is 4.57 Å². The second kappa shape index (κ2) is 11.1. The minimum Gasteiger partial charge on any atom is -0.342 e. The Morgan fingerprint density at radius 2 is 1.61 bits per heavy atom. The number of aromatic nitrogens is 1. The summed E-state index contributed by atoms with van der Waals surface area (Å²) in [6.07, 6.45) is 3.80. The minimum atomic E-state index is -0.398. The maximum Gasteiger partial charge on any atom is 0.270 e. The lowest BCUT2D eigenvalue weighted by molar-refractivity contribution is -0.113. The van der Waals surface area contributed by atoms with Crippen LogP contribution in [-0.2, 0) is 11.3 Å². The summed E-state index contributed by atoms with van der Waals surface area (Å²) in [6, 6.07) is 26.4. The van der Waals surface area contributed by atoms with Gasteiger partial charge in [-0.2, -0.15) is 0 Å². The number of hydrogen-bond acceptors (Lipinski definition) is 4. The predicted molar refractivity (Wildman–Crippen MR) is 164 cm³/mol. The standard InChI is InChI=1S/C32H21F2N3O2S2/c33-23-10-8-20(9-11-23)18-36-19-22(27-6-1-2-7-28(27)36)17-29-31(39)37(32(40)41-29)26-5-3-4-21(16-26)30(38)35-25-14-12-24(34)13-15-25/h1-17,19H,18H2,(H,35,38)/b29-17+. The molecule has 9 heteroatoms. The number of rotatable bonds is 6. The van der Waals surface area contributed by atoms with E-state index in [1.54, 1.807) is 36.4 Å². The Morgan fingerprint density at radius 3 is 2.37 bits per heavy atom. The molecule has 0 saturated carbocycles. The predicted octanol–water partition coefficient (Wildman–Crippen LogP) is 7.63. The number of carbonyl (C=O) groups excluding carboxylic acids is 2. The van der Waals surface area contributed by atoms with Crippen molar-refractivity contribution in [3.8, 4) is 0 Å². The van der Waals surface area contributed by atoms with Gasteiger partial charge < -0.3 is 9.88 Å². The number of benzene rings is 4. The zero-order valence-electron chi connectivity index (χ0n) is 21.4. The lowest BCUT2D eigenvalue weighted by Gasteiger charge is -2.15. The number of thioether (sulfide) groups is 1. The molecule has 1 aliphatic heterocycles. The first-order valence-electron chi connectivity index (χ1n) is 12.6. The summed E-state index contributed by atoms with van der Waals surface area (Å²) in [6.45, 7) is 0.544. The maximum atomic E-state index is 13.6. The monoisotopic (exact) mass is 581 g/mol. The highest BCUT2D eigenvalue weighted by atomic mass is 32.2. The Morgan fingerprint density at radius 1 is 0.902 bits per heavy atom. The molecular weight excluding hydrogens is 561 g/mol. The number of anilines is 2. The molecule has 2 amide bonds. The molecule has 1 aromatic heterocycles. The molecule has 4 aromatic carbocycles.